The second kappa shape index (κ2) is 6.08. The Kier molecular flexibility index (Phi) is 3.99. The number of thiophene rings is 1. The Labute approximate surface area is 130 Å². The SMILES string of the molecule is O=C(C=Cc1sc2ccccc2c1Cl)Nc1cccnc1. The minimum absolute atomic E-state index is 0.212. The molecule has 0 fully saturated rings. The largest absolute Gasteiger partial charge is 0.321 e. The molecule has 1 amide bonds. The van der Waals surface area contributed by atoms with Crippen molar-refractivity contribution in [1.82, 2.24) is 4.98 Å². The summed E-state index contributed by atoms with van der Waals surface area (Å²) >= 11 is 7.88. The molecule has 0 saturated carbocycles. The summed E-state index contributed by atoms with van der Waals surface area (Å²) in [5.74, 6) is -0.212. The number of fused-ring (bicyclic) bond motifs is 1. The van der Waals surface area contributed by atoms with Crippen molar-refractivity contribution in [2.24, 2.45) is 0 Å². The third-order valence-corrected chi connectivity index (χ3v) is 4.53. The summed E-state index contributed by atoms with van der Waals surface area (Å²) in [6.45, 7) is 0. The van der Waals surface area contributed by atoms with Gasteiger partial charge < -0.3 is 5.32 Å². The molecule has 3 aromatic rings. The molecule has 0 aliphatic heterocycles. The van der Waals surface area contributed by atoms with E-state index in [1.807, 2.05) is 24.3 Å². The number of carbonyl (C=O) groups is 1. The number of benzene rings is 1. The van der Waals surface area contributed by atoms with Crippen molar-refractivity contribution < 1.29 is 4.79 Å². The molecule has 5 heteroatoms. The first kappa shape index (κ1) is 13.8. The third-order valence-electron chi connectivity index (χ3n) is 2.87. The Balaban J connectivity index is 1.78. The van der Waals surface area contributed by atoms with Crippen LogP contribution in [0.4, 0.5) is 5.69 Å². The Morgan fingerprint density at radius 1 is 1.24 bits per heavy atom. The van der Waals surface area contributed by atoms with Crippen LogP contribution in [0.5, 0.6) is 0 Å². The van der Waals surface area contributed by atoms with Crippen molar-refractivity contribution >= 4 is 50.7 Å². The van der Waals surface area contributed by atoms with E-state index in [4.69, 9.17) is 11.6 Å². The zero-order chi connectivity index (χ0) is 14.7. The molecule has 2 heterocycles. The van der Waals surface area contributed by atoms with Crippen molar-refractivity contribution in [2.75, 3.05) is 5.32 Å². The predicted molar refractivity (Wildman–Crippen MR) is 88.7 cm³/mol. The maximum atomic E-state index is 11.8. The molecule has 0 spiro atoms. The van der Waals surface area contributed by atoms with Gasteiger partial charge in [0.1, 0.15) is 0 Å². The lowest BCUT2D eigenvalue weighted by Gasteiger charge is -1.99. The van der Waals surface area contributed by atoms with E-state index >= 15 is 0 Å². The van der Waals surface area contributed by atoms with Crippen LogP contribution in [-0.2, 0) is 4.79 Å². The average Bonchev–Trinajstić information content (AvgIpc) is 2.83. The van der Waals surface area contributed by atoms with E-state index in [1.54, 1.807) is 41.9 Å². The first-order valence-corrected chi connectivity index (χ1v) is 7.49. The highest BCUT2D eigenvalue weighted by Crippen LogP contribution is 2.35. The van der Waals surface area contributed by atoms with Crippen LogP contribution in [0.3, 0.4) is 0 Å². The summed E-state index contributed by atoms with van der Waals surface area (Å²) in [4.78, 5) is 16.7. The number of anilines is 1. The monoisotopic (exact) mass is 314 g/mol. The van der Waals surface area contributed by atoms with Gasteiger partial charge in [0.2, 0.25) is 5.91 Å². The van der Waals surface area contributed by atoms with Crippen LogP contribution in [0.1, 0.15) is 4.88 Å². The smallest absolute Gasteiger partial charge is 0.248 e. The Morgan fingerprint density at radius 3 is 2.86 bits per heavy atom. The molecule has 0 aliphatic carbocycles. The number of pyridine rings is 1. The molecule has 0 radical (unpaired) electrons. The molecule has 0 unspecified atom stereocenters. The molecule has 3 nitrogen and oxygen atoms in total. The predicted octanol–water partition coefficient (Wildman–Crippen LogP) is 4.60. The van der Waals surface area contributed by atoms with Crippen LogP contribution in [0, 0.1) is 0 Å². The normalized spacial score (nSPS) is 11.1. The summed E-state index contributed by atoms with van der Waals surface area (Å²) < 4.78 is 1.11. The van der Waals surface area contributed by atoms with Gasteiger partial charge in [-0.2, -0.15) is 0 Å². The van der Waals surface area contributed by atoms with Gasteiger partial charge in [0, 0.05) is 27.2 Å². The minimum Gasteiger partial charge on any atom is -0.321 e. The molecule has 21 heavy (non-hydrogen) atoms. The van der Waals surface area contributed by atoms with Gasteiger partial charge in [0.25, 0.3) is 0 Å². The summed E-state index contributed by atoms with van der Waals surface area (Å²) in [5, 5.41) is 4.43. The van der Waals surface area contributed by atoms with Crippen molar-refractivity contribution in [1.29, 1.82) is 0 Å². The van der Waals surface area contributed by atoms with E-state index < -0.39 is 0 Å². The van der Waals surface area contributed by atoms with Crippen LogP contribution in [0.25, 0.3) is 16.2 Å². The first-order chi connectivity index (χ1) is 10.2. The van der Waals surface area contributed by atoms with Crippen molar-refractivity contribution in [2.45, 2.75) is 0 Å². The molecule has 0 bridgehead atoms. The van der Waals surface area contributed by atoms with Crippen molar-refractivity contribution in [3.05, 3.63) is 64.8 Å². The van der Waals surface area contributed by atoms with E-state index in [1.165, 1.54) is 6.08 Å². The van der Waals surface area contributed by atoms with Gasteiger partial charge in [0.15, 0.2) is 0 Å². The number of nitrogens with zero attached hydrogens (tertiary/aromatic N) is 1. The van der Waals surface area contributed by atoms with Crippen molar-refractivity contribution in [3.63, 3.8) is 0 Å². The van der Waals surface area contributed by atoms with E-state index in [-0.39, 0.29) is 5.91 Å². The number of hydrogen-bond donors (Lipinski definition) is 1. The standard InChI is InChI=1S/C16H11ClN2OS/c17-16-12-5-1-2-6-13(12)21-14(16)7-8-15(20)19-11-4-3-9-18-10-11/h1-10H,(H,19,20). The van der Waals surface area contributed by atoms with Gasteiger partial charge in [0.05, 0.1) is 16.9 Å². The molecular weight excluding hydrogens is 304 g/mol. The summed E-state index contributed by atoms with van der Waals surface area (Å²) in [7, 11) is 0. The number of aromatic nitrogens is 1. The molecule has 1 aromatic carbocycles. The van der Waals surface area contributed by atoms with Gasteiger partial charge in [-0.1, -0.05) is 29.8 Å². The molecule has 0 saturated heterocycles. The highest BCUT2D eigenvalue weighted by atomic mass is 35.5. The number of nitrogens with one attached hydrogen (secondary N) is 1. The summed E-state index contributed by atoms with van der Waals surface area (Å²) in [6, 6.07) is 11.5. The Bertz CT molecular complexity index is 812. The van der Waals surface area contributed by atoms with Gasteiger partial charge in [-0.25, -0.2) is 0 Å². The zero-order valence-corrected chi connectivity index (χ0v) is 12.5. The third kappa shape index (κ3) is 3.12. The molecule has 2 aromatic heterocycles. The summed E-state index contributed by atoms with van der Waals surface area (Å²) in [5.41, 5.74) is 0.662. The quantitative estimate of drug-likeness (QED) is 0.718. The van der Waals surface area contributed by atoms with Crippen LogP contribution in [0.15, 0.2) is 54.9 Å². The van der Waals surface area contributed by atoms with E-state index in [9.17, 15) is 4.79 Å². The van der Waals surface area contributed by atoms with Crippen LogP contribution >= 0.6 is 22.9 Å². The lowest BCUT2D eigenvalue weighted by Crippen LogP contribution is -2.07. The fourth-order valence-electron chi connectivity index (χ4n) is 1.91. The second-order valence-electron chi connectivity index (χ2n) is 4.34. The maximum absolute atomic E-state index is 11.8. The minimum atomic E-state index is -0.212. The van der Waals surface area contributed by atoms with Gasteiger partial charge >= 0.3 is 0 Å². The molecule has 0 aliphatic rings. The molecular formula is C16H11ClN2OS. The van der Waals surface area contributed by atoms with Crippen molar-refractivity contribution in [3.8, 4) is 0 Å². The van der Waals surface area contributed by atoms with Crippen LogP contribution in [-0.4, -0.2) is 10.9 Å². The van der Waals surface area contributed by atoms with Gasteiger partial charge in [-0.15, -0.1) is 11.3 Å². The lowest BCUT2D eigenvalue weighted by molar-refractivity contribution is -0.111. The number of rotatable bonds is 3. The van der Waals surface area contributed by atoms with E-state index in [0.717, 1.165) is 15.0 Å². The molecule has 104 valence electrons. The van der Waals surface area contributed by atoms with E-state index in [0.29, 0.717) is 10.7 Å². The number of halogens is 1. The molecule has 0 atom stereocenters. The Morgan fingerprint density at radius 2 is 2.10 bits per heavy atom. The Hall–Kier alpha value is -2.17. The lowest BCUT2D eigenvalue weighted by atomic mass is 10.2. The fourth-order valence-corrected chi connectivity index (χ4v) is 3.31. The topological polar surface area (TPSA) is 42.0 Å². The number of hydrogen-bond acceptors (Lipinski definition) is 3. The maximum Gasteiger partial charge on any atom is 0.248 e. The van der Waals surface area contributed by atoms with Crippen LogP contribution in [0.2, 0.25) is 5.02 Å². The first-order valence-electron chi connectivity index (χ1n) is 6.30. The zero-order valence-electron chi connectivity index (χ0n) is 10.9. The molecule has 1 N–H and O–H groups in total. The number of amides is 1. The van der Waals surface area contributed by atoms with Gasteiger partial charge in [-0.3, -0.25) is 9.78 Å². The highest BCUT2D eigenvalue weighted by Gasteiger charge is 2.07. The summed E-state index contributed by atoms with van der Waals surface area (Å²) in [6.07, 6.45) is 6.46. The highest BCUT2D eigenvalue weighted by molar-refractivity contribution is 7.20. The number of carbonyl (C=O) groups excluding carboxylic acids is 1. The van der Waals surface area contributed by atoms with Crippen LogP contribution < -0.4 is 5.32 Å². The fraction of sp³-hybridized carbons (Fsp3) is 0. The average molecular weight is 315 g/mol. The van der Waals surface area contributed by atoms with E-state index in [2.05, 4.69) is 10.3 Å². The van der Waals surface area contributed by atoms with Gasteiger partial charge in [-0.05, 0) is 24.3 Å². The molecule has 3 rings (SSSR count). The second-order valence-corrected chi connectivity index (χ2v) is 5.80.